The third-order valence-corrected chi connectivity index (χ3v) is 3.20. The van der Waals surface area contributed by atoms with E-state index in [1.54, 1.807) is 11.2 Å². The van der Waals surface area contributed by atoms with Crippen LogP contribution in [0.1, 0.15) is 28.6 Å². The summed E-state index contributed by atoms with van der Waals surface area (Å²) in [6.45, 7) is 3.68. The molecule has 0 bridgehead atoms. The fourth-order valence-electron chi connectivity index (χ4n) is 2.13. The van der Waals surface area contributed by atoms with Crippen molar-refractivity contribution in [1.82, 2.24) is 4.90 Å². The van der Waals surface area contributed by atoms with Crippen molar-refractivity contribution >= 4 is 5.91 Å². The molecule has 2 aromatic rings. The van der Waals surface area contributed by atoms with E-state index < -0.39 is 0 Å². The van der Waals surface area contributed by atoms with Crippen molar-refractivity contribution in [1.29, 1.82) is 0 Å². The molecule has 0 aliphatic carbocycles. The monoisotopic (exact) mass is 272 g/mol. The van der Waals surface area contributed by atoms with Crippen LogP contribution < -0.4 is 5.73 Å². The molecule has 0 radical (unpaired) electrons. The number of hydrogen-bond acceptors (Lipinski definition) is 3. The van der Waals surface area contributed by atoms with Gasteiger partial charge in [0.15, 0.2) is 0 Å². The van der Waals surface area contributed by atoms with Crippen LogP contribution in [-0.4, -0.2) is 23.9 Å². The Hall–Kier alpha value is -2.07. The van der Waals surface area contributed by atoms with Crippen LogP contribution in [0.5, 0.6) is 0 Å². The fourth-order valence-corrected chi connectivity index (χ4v) is 2.13. The summed E-state index contributed by atoms with van der Waals surface area (Å²) in [5, 5.41) is 0. The second-order valence-corrected chi connectivity index (χ2v) is 4.64. The minimum atomic E-state index is 0.0165. The van der Waals surface area contributed by atoms with Crippen molar-refractivity contribution in [3.8, 4) is 0 Å². The average molecular weight is 272 g/mol. The fraction of sp³-hybridized carbons (Fsp3) is 0.312. The van der Waals surface area contributed by atoms with Gasteiger partial charge in [-0.1, -0.05) is 12.1 Å². The first-order valence-electron chi connectivity index (χ1n) is 6.85. The molecule has 0 atom stereocenters. The number of nitrogens with two attached hydrogens (primary N) is 1. The molecular weight excluding hydrogens is 252 g/mol. The van der Waals surface area contributed by atoms with Gasteiger partial charge >= 0.3 is 0 Å². The van der Waals surface area contributed by atoms with Crippen LogP contribution in [0.4, 0.5) is 0 Å². The van der Waals surface area contributed by atoms with Crippen molar-refractivity contribution < 1.29 is 9.21 Å². The Labute approximate surface area is 119 Å². The summed E-state index contributed by atoms with van der Waals surface area (Å²) in [6.07, 6.45) is 2.40. The van der Waals surface area contributed by atoms with E-state index in [0.29, 0.717) is 25.2 Å². The minimum Gasteiger partial charge on any atom is -0.467 e. The molecule has 106 valence electrons. The Morgan fingerprint density at radius 2 is 2.15 bits per heavy atom. The van der Waals surface area contributed by atoms with Gasteiger partial charge in [0.1, 0.15) is 5.76 Å². The first-order chi connectivity index (χ1) is 9.74. The summed E-state index contributed by atoms with van der Waals surface area (Å²) in [5.41, 5.74) is 7.34. The van der Waals surface area contributed by atoms with Gasteiger partial charge in [-0.3, -0.25) is 4.79 Å². The van der Waals surface area contributed by atoms with Crippen LogP contribution in [0.15, 0.2) is 47.1 Å². The Balaban J connectivity index is 2.13. The molecule has 4 nitrogen and oxygen atoms in total. The van der Waals surface area contributed by atoms with Gasteiger partial charge in [0, 0.05) is 12.1 Å². The number of furan rings is 1. The van der Waals surface area contributed by atoms with Gasteiger partial charge in [-0.05, 0) is 49.7 Å². The zero-order valence-corrected chi connectivity index (χ0v) is 11.7. The zero-order chi connectivity index (χ0) is 14.4. The molecule has 2 N–H and O–H groups in total. The van der Waals surface area contributed by atoms with Crippen molar-refractivity contribution in [2.75, 3.05) is 13.1 Å². The van der Waals surface area contributed by atoms with E-state index in [9.17, 15) is 4.79 Å². The Bertz CT molecular complexity index is 549. The SMILES string of the molecule is CCN(Cc1ccco1)C(=O)c1cccc(CCN)c1. The van der Waals surface area contributed by atoms with E-state index in [1.807, 2.05) is 43.3 Å². The van der Waals surface area contributed by atoms with Crippen LogP contribution in [0.25, 0.3) is 0 Å². The Kier molecular flexibility index (Phi) is 4.96. The summed E-state index contributed by atoms with van der Waals surface area (Å²) < 4.78 is 5.30. The topological polar surface area (TPSA) is 59.5 Å². The highest BCUT2D eigenvalue weighted by Gasteiger charge is 2.15. The van der Waals surface area contributed by atoms with E-state index in [0.717, 1.165) is 17.7 Å². The molecule has 4 heteroatoms. The molecule has 1 heterocycles. The van der Waals surface area contributed by atoms with Crippen molar-refractivity contribution in [2.24, 2.45) is 5.73 Å². The predicted octanol–water partition coefficient (Wildman–Crippen LogP) is 2.44. The summed E-state index contributed by atoms with van der Waals surface area (Å²) in [4.78, 5) is 14.3. The highest BCUT2D eigenvalue weighted by Crippen LogP contribution is 2.12. The summed E-state index contributed by atoms with van der Waals surface area (Å²) in [6, 6.07) is 11.4. The largest absolute Gasteiger partial charge is 0.467 e. The molecule has 1 amide bonds. The van der Waals surface area contributed by atoms with Crippen molar-refractivity contribution in [3.05, 3.63) is 59.5 Å². The Morgan fingerprint density at radius 3 is 2.80 bits per heavy atom. The number of carbonyl (C=O) groups excluding carboxylic acids is 1. The van der Waals surface area contributed by atoms with Gasteiger partial charge in [0.2, 0.25) is 0 Å². The maximum Gasteiger partial charge on any atom is 0.254 e. The van der Waals surface area contributed by atoms with E-state index in [4.69, 9.17) is 10.2 Å². The van der Waals surface area contributed by atoms with Gasteiger partial charge in [-0.25, -0.2) is 0 Å². The number of nitrogens with zero attached hydrogens (tertiary/aromatic N) is 1. The summed E-state index contributed by atoms with van der Waals surface area (Å²) in [5.74, 6) is 0.807. The summed E-state index contributed by atoms with van der Waals surface area (Å²) in [7, 11) is 0. The van der Waals surface area contributed by atoms with Gasteiger partial charge in [-0.15, -0.1) is 0 Å². The smallest absolute Gasteiger partial charge is 0.254 e. The normalized spacial score (nSPS) is 10.5. The minimum absolute atomic E-state index is 0.0165. The van der Waals surface area contributed by atoms with Gasteiger partial charge < -0.3 is 15.1 Å². The molecule has 0 spiro atoms. The van der Waals surface area contributed by atoms with Crippen LogP contribution in [-0.2, 0) is 13.0 Å². The molecular formula is C16H20N2O2. The maximum atomic E-state index is 12.5. The third-order valence-electron chi connectivity index (χ3n) is 3.20. The number of carbonyl (C=O) groups is 1. The van der Waals surface area contributed by atoms with Gasteiger partial charge in [-0.2, -0.15) is 0 Å². The molecule has 0 aliphatic heterocycles. The van der Waals surface area contributed by atoms with E-state index in [1.165, 1.54) is 0 Å². The lowest BCUT2D eigenvalue weighted by atomic mass is 10.1. The maximum absolute atomic E-state index is 12.5. The number of rotatable bonds is 6. The molecule has 0 aliphatic rings. The molecule has 20 heavy (non-hydrogen) atoms. The van der Waals surface area contributed by atoms with Crippen LogP contribution in [0, 0.1) is 0 Å². The van der Waals surface area contributed by atoms with Crippen molar-refractivity contribution in [3.63, 3.8) is 0 Å². The van der Waals surface area contributed by atoms with E-state index in [-0.39, 0.29) is 5.91 Å². The highest BCUT2D eigenvalue weighted by molar-refractivity contribution is 5.94. The standard InChI is InChI=1S/C16H20N2O2/c1-2-18(12-15-7-4-10-20-15)16(19)14-6-3-5-13(11-14)8-9-17/h3-7,10-11H,2,8-9,12,17H2,1H3. The van der Waals surface area contributed by atoms with Gasteiger partial charge in [0.25, 0.3) is 5.91 Å². The van der Waals surface area contributed by atoms with Crippen molar-refractivity contribution in [2.45, 2.75) is 19.9 Å². The quantitative estimate of drug-likeness (QED) is 0.878. The first kappa shape index (κ1) is 14.3. The second kappa shape index (κ2) is 6.91. The molecule has 0 fully saturated rings. The lowest BCUT2D eigenvalue weighted by molar-refractivity contribution is 0.0741. The molecule has 2 rings (SSSR count). The number of hydrogen-bond donors (Lipinski definition) is 1. The average Bonchev–Trinajstić information content (AvgIpc) is 2.98. The van der Waals surface area contributed by atoms with E-state index >= 15 is 0 Å². The zero-order valence-electron chi connectivity index (χ0n) is 11.7. The van der Waals surface area contributed by atoms with Crippen LogP contribution in [0.2, 0.25) is 0 Å². The molecule has 0 saturated carbocycles. The molecule has 0 saturated heterocycles. The highest BCUT2D eigenvalue weighted by atomic mass is 16.3. The molecule has 0 unspecified atom stereocenters. The summed E-state index contributed by atoms with van der Waals surface area (Å²) >= 11 is 0. The van der Waals surface area contributed by atoms with Crippen LogP contribution in [0.3, 0.4) is 0 Å². The molecule has 1 aromatic carbocycles. The number of amides is 1. The predicted molar refractivity (Wildman–Crippen MR) is 78.3 cm³/mol. The third kappa shape index (κ3) is 3.48. The second-order valence-electron chi connectivity index (χ2n) is 4.64. The number of benzene rings is 1. The first-order valence-corrected chi connectivity index (χ1v) is 6.85. The van der Waals surface area contributed by atoms with Gasteiger partial charge in [0.05, 0.1) is 12.8 Å². The van der Waals surface area contributed by atoms with E-state index in [2.05, 4.69) is 0 Å². The lowest BCUT2D eigenvalue weighted by Crippen LogP contribution is -2.30. The lowest BCUT2D eigenvalue weighted by Gasteiger charge is -2.20. The molecule has 1 aromatic heterocycles. The van der Waals surface area contributed by atoms with Crippen LogP contribution >= 0.6 is 0 Å². The Morgan fingerprint density at radius 1 is 1.30 bits per heavy atom.